The number of piperazine rings is 1. The predicted octanol–water partition coefficient (Wildman–Crippen LogP) is 2.24. The zero-order valence-corrected chi connectivity index (χ0v) is 22.2. The van der Waals surface area contributed by atoms with Crippen molar-refractivity contribution < 1.29 is 36.3 Å². The van der Waals surface area contributed by atoms with Gasteiger partial charge in [-0.15, -0.1) is 0 Å². The van der Waals surface area contributed by atoms with Gasteiger partial charge in [0, 0.05) is 32.7 Å². The first-order valence-electron chi connectivity index (χ1n) is 12.4. The molecule has 3 rings (SSSR count). The maximum Gasteiger partial charge on any atom is 0.490 e. The lowest BCUT2D eigenvalue weighted by atomic mass is 10.1. The second kappa shape index (κ2) is 14.1. The first-order chi connectivity index (χ1) is 17.3. The Morgan fingerprint density at radius 2 is 1.62 bits per heavy atom. The van der Waals surface area contributed by atoms with Gasteiger partial charge < -0.3 is 20.2 Å². The number of sulfonamides is 1. The molecule has 1 aromatic rings. The molecular formula is C24H37F3N4O5S. The number of aliphatic carboxylic acids is 1. The molecule has 2 aliphatic heterocycles. The summed E-state index contributed by atoms with van der Waals surface area (Å²) in [7, 11) is -3.73. The number of nitrogens with one attached hydrogen (secondary N) is 1. The third-order valence-electron chi connectivity index (χ3n) is 6.47. The summed E-state index contributed by atoms with van der Waals surface area (Å²) in [6.45, 7) is 9.98. The Labute approximate surface area is 216 Å². The number of carbonyl (C=O) groups is 2. The minimum atomic E-state index is -5.08. The van der Waals surface area contributed by atoms with Crippen molar-refractivity contribution in [3.05, 3.63) is 29.3 Å². The van der Waals surface area contributed by atoms with E-state index in [4.69, 9.17) is 9.90 Å². The van der Waals surface area contributed by atoms with E-state index < -0.39 is 22.2 Å². The average molecular weight is 551 g/mol. The third-order valence-corrected chi connectivity index (χ3v) is 8.31. The molecule has 2 heterocycles. The summed E-state index contributed by atoms with van der Waals surface area (Å²) >= 11 is 0. The number of benzene rings is 1. The molecule has 0 atom stereocenters. The number of carboxylic acid groups (broad SMARTS) is 1. The van der Waals surface area contributed by atoms with Crippen molar-refractivity contribution >= 4 is 21.9 Å². The van der Waals surface area contributed by atoms with Crippen molar-refractivity contribution in [1.82, 2.24) is 19.4 Å². The van der Waals surface area contributed by atoms with Crippen molar-refractivity contribution in [3.8, 4) is 0 Å². The van der Waals surface area contributed by atoms with Gasteiger partial charge >= 0.3 is 12.1 Å². The molecular weight excluding hydrogens is 513 g/mol. The molecule has 2 saturated heterocycles. The van der Waals surface area contributed by atoms with Crippen LogP contribution in [0.2, 0.25) is 0 Å². The summed E-state index contributed by atoms with van der Waals surface area (Å²) in [5.74, 6) is -2.87. The Balaban J connectivity index is 0.000000604. The number of alkyl halides is 3. The van der Waals surface area contributed by atoms with E-state index in [1.54, 1.807) is 17.0 Å². The minimum Gasteiger partial charge on any atom is -0.475 e. The SMILES string of the molecule is Cc1ccc(S(=O)(=O)N(CCCN2CCCCC2)CC(=O)N2CCNCC2)cc1C.O=C(O)C(F)(F)F. The van der Waals surface area contributed by atoms with E-state index in [0.717, 1.165) is 50.3 Å². The van der Waals surface area contributed by atoms with E-state index in [-0.39, 0.29) is 17.3 Å². The van der Waals surface area contributed by atoms with Crippen LogP contribution in [-0.2, 0) is 19.6 Å². The Kier molecular flexibility index (Phi) is 11.8. The van der Waals surface area contributed by atoms with Crippen LogP contribution in [0.3, 0.4) is 0 Å². The molecule has 2 N–H and O–H groups in total. The molecule has 0 saturated carbocycles. The van der Waals surface area contributed by atoms with Crippen molar-refractivity contribution in [1.29, 1.82) is 0 Å². The third kappa shape index (κ3) is 9.87. The number of hydrogen-bond acceptors (Lipinski definition) is 6. The number of nitrogens with zero attached hydrogens (tertiary/aromatic N) is 3. The molecule has 0 aliphatic carbocycles. The van der Waals surface area contributed by atoms with Gasteiger partial charge in [0.2, 0.25) is 15.9 Å². The lowest BCUT2D eigenvalue weighted by Crippen LogP contribution is -2.50. The summed E-state index contributed by atoms with van der Waals surface area (Å²) < 4.78 is 60.0. The van der Waals surface area contributed by atoms with Gasteiger partial charge in [-0.1, -0.05) is 12.5 Å². The molecule has 0 bridgehead atoms. The number of carbonyl (C=O) groups excluding carboxylic acids is 1. The van der Waals surface area contributed by atoms with Crippen LogP contribution < -0.4 is 5.32 Å². The van der Waals surface area contributed by atoms with E-state index in [1.807, 2.05) is 19.9 Å². The fraction of sp³-hybridized carbons (Fsp3) is 0.667. The summed E-state index contributed by atoms with van der Waals surface area (Å²) in [5, 5.41) is 10.4. The number of hydrogen-bond donors (Lipinski definition) is 2. The Hall–Kier alpha value is -2.22. The first-order valence-corrected chi connectivity index (χ1v) is 13.8. The molecule has 0 aromatic heterocycles. The van der Waals surface area contributed by atoms with E-state index in [0.29, 0.717) is 19.6 Å². The van der Waals surface area contributed by atoms with Gasteiger partial charge in [0.15, 0.2) is 0 Å². The number of likely N-dealkylation sites (tertiary alicyclic amines) is 1. The molecule has 0 radical (unpaired) electrons. The largest absolute Gasteiger partial charge is 0.490 e. The highest BCUT2D eigenvalue weighted by atomic mass is 32.2. The zero-order chi connectivity index (χ0) is 27.6. The first kappa shape index (κ1) is 31.0. The molecule has 1 aromatic carbocycles. The van der Waals surface area contributed by atoms with Crippen LogP contribution in [0.25, 0.3) is 0 Å². The van der Waals surface area contributed by atoms with Crippen LogP contribution in [0, 0.1) is 13.8 Å². The van der Waals surface area contributed by atoms with Gasteiger partial charge in [0.1, 0.15) is 0 Å². The van der Waals surface area contributed by atoms with Crippen molar-refractivity contribution in [3.63, 3.8) is 0 Å². The maximum absolute atomic E-state index is 13.4. The monoisotopic (exact) mass is 550 g/mol. The topological polar surface area (TPSA) is 110 Å². The van der Waals surface area contributed by atoms with Crippen LogP contribution in [0.5, 0.6) is 0 Å². The highest BCUT2D eigenvalue weighted by Crippen LogP contribution is 2.20. The fourth-order valence-electron chi connectivity index (χ4n) is 4.13. The number of amides is 1. The number of rotatable bonds is 8. The van der Waals surface area contributed by atoms with Gasteiger partial charge in [-0.3, -0.25) is 4.79 Å². The molecule has 9 nitrogen and oxygen atoms in total. The molecule has 0 unspecified atom stereocenters. The summed E-state index contributed by atoms with van der Waals surface area (Å²) in [4.78, 5) is 26.2. The Bertz CT molecular complexity index is 1010. The van der Waals surface area contributed by atoms with Crippen molar-refractivity contribution in [2.45, 2.75) is 50.6 Å². The summed E-state index contributed by atoms with van der Waals surface area (Å²) in [5.41, 5.74) is 2.00. The van der Waals surface area contributed by atoms with Gasteiger partial charge in [-0.2, -0.15) is 17.5 Å². The van der Waals surface area contributed by atoms with E-state index in [1.165, 1.54) is 23.6 Å². The molecule has 13 heteroatoms. The van der Waals surface area contributed by atoms with Crippen LogP contribution in [0.4, 0.5) is 13.2 Å². The quantitative estimate of drug-likeness (QED) is 0.511. The second-order valence-corrected chi connectivity index (χ2v) is 11.2. The molecule has 0 spiro atoms. The van der Waals surface area contributed by atoms with Crippen LogP contribution in [-0.4, -0.2) is 105 Å². The number of piperidine rings is 1. The molecule has 37 heavy (non-hydrogen) atoms. The average Bonchev–Trinajstić information content (AvgIpc) is 2.86. The Morgan fingerprint density at radius 3 is 2.16 bits per heavy atom. The van der Waals surface area contributed by atoms with Gasteiger partial charge in [0.25, 0.3) is 0 Å². The summed E-state index contributed by atoms with van der Waals surface area (Å²) in [6.07, 6.45) is -0.639. The smallest absolute Gasteiger partial charge is 0.475 e. The maximum atomic E-state index is 13.4. The lowest BCUT2D eigenvalue weighted by Gasteiger charge is -2.31. The van der Waals surface area contributed by atoms with Gasteiger partial charge in [-0.25, -0.2) is 13.2 Å². The van der Waals surface area contributed by atoms with E-state index in [2.05, 4.69) is 10.2 Å². The van der Waals surface area contributed by atoms with Gasteiger partial charge in [0.05, 0.1) is 11.4 Å². The van der Waals surface area contributed by atoms with Crippen LogP contribution in [0.1, 0.15) is 36.8 Å². The normalized spacial score (nSPS) is 17.3. The summed E-state index contributed by atoms with van der Waals surface area (Å²) in [6, 6.07) is 5.22. The van der Waals surface area contributed by atoms with Gasteiger partial charge in [-0.05, 0) is 76.0 Å². The predicted molar refractivity (Wildman–Crippen MR) is 133 cm³/mol. The van der Waals surface area contributed by atoms with Crippen LogP contribution >= 0.6 is 0 Å². The number of aryl methyl sites for hydroxylation is 2. The van der Waals surface area contributed by atoms with Crippen LogP contribution in [0.15, 0.2) is 23.1 Å². The standard InChI is InChI=1S/C22H36N4O3S.C2HF3O2/c1-19-7-8-21(17-20(19)2)30(28,29)26(14-6-13-24-11-4-3-5-12-24)18-22(27)25-15-9-23-10-16-25;3-2(4,5)1(6)7/h7-8,17,23H,3-6,9-16,18H2,1-2H3;(H,6,7). The lowest BCUT2D eigenvalue weighted by molar-refractivity contribution is -0.192. The number of halogens is 3. The van der Waals surface area contributed by atoms with E-state index >= 15 is 0 Å². The molecule has 2 fully saturated rings. The molecule has 210 valence electrons. The molecule has 2 aliphatic rings. The Morgan fingerprint density at radius 1 is 1.03 bits per heavy atom. The minimum absolute atomic E-state index is 0.0880. The highest BCUT2D eigenvalue weighted by molar-refractivity contribution is 7.89. The van der Waals surface area contributed by atoms with E-state index in [9.17, 15) is 26.4 Å². The van der Waals surface area contributed by atoms with Crippen molar-refractivity contribution in [2.75, 3.05) is 58.9 Å². The van der Waals surface area contributed by atoms with Crippen molar-refractivity contribution in [2.24, 2.45) is 0 Å². The fourth-order valence-corrected chi connectivity index (χ4v) is 5.64. The number of carboxylic acids is 1. The highest BCUT2D eigenvalue weighted by Gasteiger charge is 2.38. The molecule has 1 amide bonds. The zero-order valence-electron chi connectivity index (χ0n) is 21.4. The second-order valence-electron chi connectivity index (χ2n) is 9.27.